The number of piperidine rings is 1. The van der Waals surface area contributed by atoms with Crippen molar-refractivity contribution in [2.24, 2.45) is 5.92 Å². The topological polar surface area (TPSA) is 49.4 Å². The van der Waals surface area contributed by atoms with Crippen molar-refractivity contribution in [2.75, 3.05) is 19.6 Å². The zero-order chi connectivity index (χ0) is 15.5. The lowest BCUT2D eigenvalue weighted by molar-refractivity contribution is 0.269. The Balaban J connectivity index is 2.14. The third-order valence-electron chi connectivity index (χ3n) is 4.24. The zero-order valence-electron chi connectivity index (χ0n) is 13.2. The van der Waals surface area contributed by atoms with E-state index < -0.39 is 10.0 Å². The summed E-state index contributed by atoms with van der Waals surface area (Å²) in [6.45, 7) is 9.11. The number of thiophene rings is 1. The number of sulfonamides is 1. The van der Waals surface area contributed by atoms with Gasteiger partial charge >= 0.3 is 0 Å². The maximum atomic E-state index is 12.8. The molecule has 0 spiro atoms. The van der Waals surface area contributed by atoms with Crippen LogP contribution in [0.15, 0.2) is 11.0 Å². The van der Waals surface area contributed by atoms with Gasteiger partial charge in [-0.1, -0.05) is 20.3 Å². The molecule has 0 aromatic carbocycles. The SMILES string of the molecule is CCNCc1cc(S(=O)(=O)N2CCC(CC)CC2)c(C)s1. The van der Waals surface area contributed by atoms with Gasteiger partial charge in [-0.2, -0.15) is 4.31 Å². The van der Waals surface area contributed by atoms with E-state index in [1.54, 1.807) is 15.6 Å². The molecule has 1 fully saturated rings. The van der Waals surface area contributed by atoms with E-state index in [0.29, 0.717) is 23.9 Å². The first kappa shape index (κ1) is 16.9. The van der Waals surface area contributed by atoms with Crippen molar-refractivity contribution in [2.45, 2.75) is 51.5 Å². The highest BCUT2D eigenvalue weighted by molar-refractivity contribution is 7.89. The van der Waals surface area contributed by atoms with E-state index in [4.69, 9.17) is 0 Å². The Morgan fingerprint density at radius 3 is 2.57 bits per heavy atom. The van der Waals surface area contributed by atoms with Crippen molar-refractivity contribution < 1.29 is 8.42 Å². The molecule has 21 heavy (non-hydrogen) atoms. The van der Waals surface area contributed by atoms with Crippen LogP contribution in [0.5, 0.6) is 0 Å². The normalized spacial score (nSPS) is 18.2. The molecule has 0 radical (unpaired) electrons. The highest BCUT2D eigenvalue weighted by Crippen LogP contribution is 2.31. The summed E-state index contributed by atoms with van der Waals surface area (Å²) in [6.07, 6.45) is 3.13. The molecule has 0 atom stereocenters. The van der Waals surface area contributed by atoms with Crippen LogP contribution in [0.4, 0.5) is 0 Å². The lowest BCUT2D eigenvalue weighted by Gasteiger charge is -2.30. The molecule has 0 unspecified atom stereocenters. The molecule has 0 aliphatic carbocycles. The highest BCUT2D eigenvalue weighted by atomic mass is 32.2. The molecule has 0 bridgehead atoms. The van der Waals surface area contributed by atoms with Gasteiger partial charge in [0.25, 0.3) is 0 Å². The van der Waals surface area contributed by atoms with Crippen molar-refractivity contribution in [3.63, 3.8) is 0 Å². The van der Waals surface area contributed by atoms with E-state index in [1.165, 1.54) is 0 Å². The van der Waals surface area contributed by atoms with E-state index in [2.05, 4.69) is 19.2 Å². The fourth-order valence-electron chi connectivity index (χ4n) is 2.81. The Kier molecular flexibility index (Phi) is 5.82. The van der Waals surface area contributed by atoms with Crippen LogP contribution in [0, 0.1) is 12.8 Å². The molecule has 2 rings (SSSR count). The Bertz CT molecular complexity index is 558. The summed E-state index contributed by atoms with van der Waals surface area (Å²) in [5.74, 6) is 0.685. The van der Waals surface area contributed by atoms with Crippen LogP contribution in [-0.2, 0) is 16.6 Å². The monoisotopic (exact) mass is 330 g/mol. The summed E-state index contributed by atoms with van der Waals surface area (Å²) in [7, 11) is -3.31. The predicted octanol–water partition coefficient (Wildman–Crippen LogP) is 2.98. The molecular formula is C15H26N2O2S2. The number of nitrogens with one attached hydrogen (secondary N) is 1. The Hall–Kier alpha value is -0.430. The van der Waals surface area contributed by atoms with E-state index in [0.717, 1.165) is 42.1 Å². The van der Waals surface area contributed by atoms with Gasteiger partial charge < -0.3 is 5.32 Å². The maximum absolute atomic E-state index is 12.8. The third-order valence-corrected chi connectivity index (χ3v) is 7.45. The second kappa shape index (κ2) is 7.22. The van der Waals surface area contributed by atoms with Crippen molar-refractivity contribution >= 4 is 21.4 Å². The molecule has 1 aliphatic rings. The van der Waals surface area contributed by atoms with Crippen LogP contribution in [-0.4, -0.2) is 32.4 Å². The number of hydrogen-bond acceptors (Lipinski definition) is 4. The third kappa shape index (κ3) is 3.86. The maximum Gasteiger partial charge on any atom is 0.244 e. The second-order valence-electron chi connectivity index (χ2n) is 5.67. The minimum absolute atomic E-state index is 0.510. The summed E-state index contributed by atoms with van der Waals surface area (Å²) in [5.41, 5.74) is 0. The minimum Gasteiger partial charge on any atom is -0.312 e. The van der Waals surface area contributed by atoms with Gasteiger partial charge in [0.2, 0.25) is 10.0 Å². The molecule has 2 heterocycles. The molecule has 0 amide bonds. The lowest BCUT2D eigenvalue weighted by Crippen LogP contribution is -2.38. The van der Waals surface area contributed by atoms with Crippen LogP contribution >= 0.6 is 11.3 Å². The van der Waals surface area contributed by atoms with E-state index >= 15 is 0 Å². The van der Waals surface area contributed by atoms with Gasteiger partial charge in [0.15, 0.2) is 0 Å². The lowest BCUT2D eigenvalue weighted by atomic mass is 9.96. The second-order valence-corrected chi connectivity index (χ2v) is 8.92. The Morgan fingerprint density at radius 1 is 1.33 bits per heavy atom. The molecular weight excluding hydrogens is 304 g/mol. The predicted molar refractivity (Wildman–Crippen MR) is 88.2 cm³/mol. The van der Waals surface area contributed by atoms with Crippen molar-refractivity contribution in [3.8, 4) is 0 Å². The van der Waals surface area contributed by atoms with Crippen LogP contribution < -0.4 is 5.32 Å². The molecule has 1 N–H and O–H groups in total. The van der Waals surface area contributed by atoms with Crippen molar-refractivity contribution in [1.29, 1.82) is 0 Å². The summed E-state index contributed by atoms with van der Waals surface area (Å²) >= 11 is 1.58. The first-order valence-electron chi connectivity index (χ1n) is 7.79. The van der Waals surface area contributed by atoms with Gasteiger partial charge in [0, 0.05) is 29.4 Å². The molecule has 1 saturated heterocycles. The molecule has 1 aromatic heterocycles. The fourth-order valence-corrected chi connectivity index (χ4v) is 5.86. The summed E-state index contributed by atoms with van der Waals surface area (Å²) in [4.78, 5) is 2.51. The van der Waals surface area contributed by atoms with Gasteiger partial charge in [-0.05, 0) is 38.3 Å². The van der Waals surface area contributed by atoms with Gasteiger partial charge in [0.1, 0.15) is 0 Å². The molecule has 0 saturated carbocycles. The number of hydrogen-bond donors (Lipinski definition) is 1. The molecule has 4 nitrogen and oxygen atoms in total. The van der Waals surface area contributed by atoms with E-state index in [1.807, 2.05) is 13.0 Å². The summed E-state index contributed by atoms with van der Waals surface area (Å²) in [6, 6.07) is 1.85. The fraction of sp³-hybridized carbons (Fsp3) is 0.733. The average Bonchev–Trinajstić information content (AvgIpc) is 2.87. The minimum atomic E-state index is -3.31. The van der Waals surface area contributed by atoms with Crippen LogP contribution in [0.3, 0.4) is 0 Å². The smallest absolute Gasteiger partial charge is 0.244 e. The zero-order valence-corrected chi connectivity index (χ0v) is 14.8. The first-order valence-corrected chi connectivity index (χ1v) is 10.0. The average molecular weight is 331 g/mol. The van der Waals surface area contributed by atoms with E-state index in [9.17, 15) is 8.42 Å². The highest BCUT2D eigenvalue weighted by Gasteiger charge is 2.30. The number of aryl methyl sites for hydroxylation is 1. The molecule has 6 heteroatoms. The first-order chi connectivity index (χ1) is 9.98. The van der Waals surface area contributed by atoms with E-state index in [-0.39, 0.29) is 0 Å². The van der Waals surface area contributed by atoms with Gasteiger partial charge in [-0.25, -0.2) is 8.42 Å². The number of nitrogens with zero attached hydrogens (tertiary/aromatic N) is 1. The standard InChI is InChI=1S/C15H26N2O2S2/c1-4-13-6-8-17(9-7-13)21(18,19)15-10-14(11-16-5-2)20-12(15)3/h10,13,16H,4-9,11H2,1-3H3. The quantitative estimate of drug-likeness (QED) is 0.872. The Labute approximate surface area is 132 Å². The summed E-state index contributed by atoms with van der Waals surface area (Å²) in [5, 5.41) is 3.25. The Morgan fingerprint density at radius 2 is 2.00 bits per heavy atom. The summed E-state index contributed by atoms with van der Waals surface area (Å²) < 4.78 is 27.3. The van der Waals surface area contributed by atoms with Gasteiger partial charge in [-0.3, -0.25) is 0 Å². The number of rotatable bonds is 6. The molecule has 1 aliphatic heterocycles. The van der Waals surface area contributed by atoms with Crippen LogP contribution in [0.1, 0.15) is 42.9 Å². The van der Waals surface area contributed by atoms with Crippen LogP contribution in [0.25, 0.3) is 0 Å². The van der Waals surface area contributed by atoms with Crippen LogP contribution in [0.2, 0.25) is 0 Å². The largest absolute Gasteiger partial charge is 0.312 e. The van der Waals surface area contributed by atoms with Crippen molar-refractivity contribution in [3.05, 3.63) is 15.8 Å². The van der Waals surface area contributed by atoms with Gasteiger partial charge in [0.05, 0.1) is 4.90 Å². The molecule has 1 aromatic rings. The van der Waals surface area contributed by atoms with Gasteiger partial charge in [-0.15, -0.1) is 11.3 Å². The molecule has 120 valence electrons. The van der Waals surface area contributed by atoms with Crippen molar-refractivity contribution in [1.82, 2.24) is 9.62 Å².